The van der Waals surface area contributed by atoms with Gasteiger partial charge in [-0.25, -0.2) is 4.90 Å². The number of ether oxygens (including phenoxy) is 2. The summed E-state index contributed by atoms with van der Waals surface area (Å²) in [5, 5.41) is -0.359. The third-order valence-corrected chi connectivity index (χ3v) is 5.86. The van der Waals surface area contributed by atoms with E-state index in [1.54, 1.807) is 36.4 Å². The zero-order valence-corrected chi connectivity index (χ0v) is 17.6. The number of imide groups is 1. The Hall–Kier alpha value is -3.17. The number of Topliss-reactive ketones (excluding diaryl/α,β-unsaturated/α-hetero) is 1. The first-order chi connectivity index (χ1) is 15.0. The van der Waals surface area contributed by atoms with Crippen LogP contribution in [-0.2, 0) is 9.53 Å². The molecule has 9 heteroatoms. The molecule has 0 N–H and O–H groups in total. The second kappa shape index (κ2) is 8.91. The van der Waals surface area contributed by atoms with Crippen molar-refractivity contribution >= 4 is 34.6 Å². The van der Waals surface area contributed by atoms with Crippen LogP contribution in [0.25, 0.3) is 0 Å². The van der Waals surface area contributed by atoms with E-state index in [2.05, 4.69) is 0 Å². The molecule has 2 aromatic carbocycles. The van der Waals surface area contributed by atoms with E-state index >= 15 is 0 Å². The third kappa shape index (κ3) is 4.33. The summed E-state index contributed by atoms with van der Waals surface area (Å²) in [4.78, 5) is 51.5. The van der Waals surface area contributed by atoms with Crippen LogP contribution in [0, 0.1) is 0 Å². The molecule has 2 aromatic rings. The number of nitrogens with zero attached hydrogens (tertiary/aromatic N) is 2. The lowest BCUT2D eigenvalue weighted by atomic mass is 10.1. The predicted molar refractivity (Wildman–Crippen MR) is 113 cm³/mol. The smallest absolute Gasteiger partial charge is 0.291 e. The summed E-state index contributed by atoms with van der Waals surface area (Å²) in [5.41, 5.74) is 1.42. The van der Waals surface area contributed by atoms with Crippen molar-refractivity contribution in [2.45, 2.75) is 13.2 Å². The lowest BCUT2D eigenvalue weighted by Gasteiger charge is -2.30. The molecule has 0 aliphatic carbocycles. The Morgan fingerprint density at radius 1 is 1.16 bits per heavy atom. The van der Waals surface area contributed by atoms with Crippen LogP contribution in [0.2, 0.25) is 0 Å². The molecule has 160 valence electrons. The fraction of sp³-hybridized carbons (Fsp3) is 0.273. The summed E-state index contributed by atoms with van der Waals surface area (Å²) >= 11 is 0.940. The van der Waals surface area contributed by atoms with E-state index in [-0.39, 0.29) is 48.5 Å². The third-order valence-electron chi connectivity index (χ3n) is 5.02. The van der Waals surface area contributed by atoms with Crippen LogP contribution in [0.4, 0.5) is 4.79 Å². The van der Waals surface area contributed by atoms with E-state index in [1.165, 1.54) is 17.9 Å². The minimum Gasteiger partial charge on any atom is -0.472 e. The quantitative estimate of drug-likeness (QED) is 0.611. The summed E-state index contributed by atoms with van der Waals surface area (Å²) in [6.45, 7) is 1.75. The number of amides is 3. The van der Waals surface area contributed by atoms with Crippen molar-refractivity contribution < 1.29 is 28.7 Å². The minimum absolute atomic E-state index is 0.0437. The Balaban J connectivity index is 1.46. The van der Waals surface area contributed by atoms with Crippen LogP contribution in [0.1, 0.15) is 39.4 Å². The summed E-state index contributed by atoms with van der Waals surface area (Å²) in [6.07, 6.45) is -0.867. The first kappa shape index (κ1) is 21.1. The molecule has 3 amide bonds. The molecule has 4 rings (SSSR count). The Morgan fingerprint density at radius 3 is 2.61 bits per heavy atom. The fourth-order valence-corrected chi connectivity index (χ4v) is 4.11. The predicted octanol–water partition coefficient (Wildman–Crippen LogP) is 3.09. The van der Waals surface area contributed by atoms with Crippen LogP contribution < -0.4 is 4.74 Å². The number of carbonyl (C=O) groups is 4. The van der Waals surface area contributed by atoms with E-state index in [0.29, 0.717) is 22.4 Å². The van der Waals surface area contributed by atoms with Crippen LogP contribution >= 0.6 is 11.8 Å². The van der Waals surface area contributed by atoms with E-state index in [9.17, 15) is 19.2 Å². The van der Waals surface area contributed by atoms with Crippen LogP contribution in [0.15, 0.2) is 48.5 Å². The maximum atomic E-state index is 12.9. The molecule has 0 spiro atoms. The Morgan fingerprint density at radius 2 is 1.94 bits per heavy atom. The molecule has 0 radical (unpaired) electrons. The lowest BCUT2D eigenvalue weighted by molar-refractivity contribution is -0.136. The summed E-state index contributed by atoms with van der Waals surface area (Å²) < 4.78 is 11.6. The van der Waals surface area contributed by atoms with Crippen molar-refractivity contribution in [2.75, 3.05) is 25.6 Å². The van der Waals surface area contributed by atoms with Gasteiger partial charge in [-0.2, -0.15) is 0 Å². The number of ketones is 1. The van der Waals surface area contributed by atoms with Crippen LogP contribution in [0.5, 0.6) is 5.75 Å². The van der Waals surface area contributed by atoms with Gasteiger partial charge in [-0.05, 0) is 25.1 Å². The number of hydrogen-bond acceptors (Lipinski definition) is 7. The Bertz CT molecular complexity index is 1030. The van der Waals surface area contributed by atoms with E-state index < -0.39 is 6.23 Å². The molecular weight excluding hydrogens is 420 g/mol. The Kier molecular flexibility index (Phi) is 6.06. The molecule has 1 fully saturated rings. The van der Waals surface area contributed by atoms with Gasteiger partial charge in [0.1, 0.15) is 5.75 Å². The fourth-order valence-electron chi connectivity index (χ4n) is 3.39. The van der Waals surface area contributed by atoms with Gasteiger partial charge in [0.2, 0.25) is 5.91 Å². The molecule has 0 saturated carbocycles. The SMILES string of the molecule is CC(=O)c1ccc2c(c1)C(=O)N(CCOC(c1ccccc1)N1C(=O)CSC1=O)CO2. The largest absolute Gasteiger partial charge is 0.472 e. The van der Waals surface area contributed by atoms with Crippen molar-refractivity contribution in [1.82, 2.24) is 9.80 Å². The van der Waals surface area contributed by atoms with Crippen molar-refractivity contribution in [1.29, 1.82) is 0 Å². The Labute approximate surface area is 183 Å². The van der Waals surface area contributed by atoms with Crippen molar-refractivity contribution in [3.05, 3.63) is 65.2 Å². The van der Waals surface area contributed by atoms with Gasteiger partial charge in [0.15, 0.2) is 18.7 Å². The molecule has 1 saturated heterocycles. The highest BCUT2D eigenvalue weighted by Crippen LogP contribution is 2.31. The highest BCUT2D eigenvalue weighted by molar-refractivity contribution is 8.14. The zero-order valence-electron chi connectivity index (χ0n) is 16.8. The first-order valence-electron chi connectivity index (χ1n) is 9.68. The van der Waals surface area contributed by atoms with E-state index in [4.69, 9.17) is 9.47 Å². The average Bonchev–Trinajstić information content (AvgIpc) is 3.11. The molecule has 2 aliphatic heterocycles. The maximum absolute atomic E-state index is 12.9. The second-order valence-corrected chi connectivity index (χ2v) is 7.99. The van der Waals surface area contributed by atoms with Crippen molar-refractivity contribution in [3.63, 3.8) is 0 Å². The second-order valence-electron chi connectivity index (χ2n) is 7.06. The van der Waals surface area contributed by atoms with Crippen LogP contribution in [-0.4, -0.2) is 58.3 Å². The van der Waals surface area contributed by atoms with Gasteiger partial charge in [-0.1, -0.05) is 42.1 Å². The molecule has 1 atom stereocenters. The van der Waals surface area contributed by atoms with Gasteiger partial charge in [0.05, 0.1) is 17.9 Å². The monoisotopic (exact) mass is 440 g/mol. The number of rotatable bonds is 7. The molecule has 0 bridgehead atoms. The zero-order chi connectivity index (χ0) is 22.0. The van der Waals surface area contributed by atoms with Gasteiger partial charge >= 0.3 is 0 Å². The number of hydrogen-bond donors (Lipinski definition) is 0. The minimum atomic E-state index is -0.867. The standard InChI is InChI=1S/C22H20N2O6S/c1-14(25)16-7-8-18-17(11-16)20(27)23(13-30-18)9-10-29-21(15-5-3-2-4-6-15)24-19(26)12-31-22(24)28/h2-8,11,21H,9-10,12-13H2,1H3. The molecule has 0 aromatic heterocycles. The lowest BCUT2D eigenvalue weighted by Crippen LogP contribution is -2.42. The summed E-state index contributed by atoms with van der Waals surface area (Å²) in [6, 6.07) is 13.8. The first-order valence-corrected chi connectivity index (χ1v) is 10.7. The molecule has 8 nitrogen and oxygen atoms in total. The average molecular weight is 440 g/mol. The van der Waals surface area contributed by atoms with E-state index in [1.807, 2.05) is 6.07 Å². The molecule has 1 unspecified atom stereocenters. The number of thioether (sulfide) groups is 1. The van der Waals surface area contributed by atoms with Gasteiger partial charge in [0.25, 0.3) is 11.1 Å². The summed E-state index contributed by atoms with van der Waals surface area (Å²) in [5.74, 6) is -0.210. The topological polar surface area (TPSA) is 93.2 Å². The van der Waals surface area contributed by atoms with Gasteiger partial charge < -0.3 is 14.4 Å². The molecule has 2 aliphatic rings. The van der Waals surface area contributed by atoms with Crippen molar-refractivity contribution in [2.24, 2.45) is 0 Å². The maximum Gasteiger partial charge on any atom is 0.291 e. The van der Waals surface area contributed by atoms with Gasteiger partial charge in [-0.3, -0.25) is 19.2 Å². The van der Waals surface area contributed by atoms with Gasteiger partial charge in [-0.15, -0.1) is 0 Å². The van der Waals surface area contributed by atoms with Crippen molar-refractivity contribution in [3.8, 4) is 5.75 Å². The molecule has 2 heterocycles. The normalized spacial score (nSPS) is 16.9. The number of carbonyl (C=O) groups excluding carboxylic acids is 4. The number of fused-ring (bicyclic) bond motifs is 1. The van der Waals surface area contributed by atoms with Crippen LogP contribution in [0.3, 0.4) is 0 Å². The van der Waals surface area contributed by atoms with E-state index in [0.717, 1.165) is 16.7 Å². The highest BCUT2D eigenvalue weighted by Gasteiger charge is 2.37. The van der Waals surface area contributed by atoms with Gasteiger partial charge in [0, 0.05) is 17.7 Å². The highest BCUT2D eigenvalue weighted by atomic mass is 32.2. The summed E-state index contributed by atoms with van der Waals surface area (Å²) in [7, 11) is 0. The molecular formula is C22H20N2O6S. The molecule has 31 heavy (non-hydrogen) atoms. The number of benzene rings is 2.